The van der Waals surface area contributed by atoms with Gasteiger partial charge in [-0.3, -0.25) is 19.7 Å². The number of aromatic nitrogens is 1. The molecular weight excluding hydrogens is 348 g/mol. The summed E-state index contributed by atoms with van der Waals surface area (Å²) in [7, 11) is 1.25. The number of hydrogen-bond donors (Lipinski definition) is 1. The van der Waals surface area contributed by atoms with Gasteiger partial charge in [0.15, 0.2) is 11.2 Å². The number of H-pyrrole nitrogens is 1. The lowest BCUT2D eigenvalue weighted by Gasteiger charge is -2.03. The normalized spacial score (nSPS) is 10.6. The van der Waals surface area contributed by atoms with E-state index < -0.39 is 15.9 Å². The second kappa shape index (κ2) is 6.37. The predicted molar refractivity (Wildman–Crippen MR) is 94.5 cm³/mol. The smallest absolute Gasteiger partial charge is 0.291 e. The number of nitrogens with one attached hydrogen (secondary N) is 1. The number of hydrogen-bond acceptors (Lipinski definition) is 5. The molecule has 7 nitrogen and oxygen atoms in total. The van der Waals surface area contributed by atoms with E-state index in [-0.39, 0.29) is 33.5 Å². The molecule has 0 unspecified atom stereocenters. The molecule has 1 heterocycles. The van der Waals surface area contributed by atoms with Crippen LogP contribution in [0.2, 0.25) is 5.02 Å². The fraction of sp³-hybridized carbons (Fsp3) is 0.0588. The molecule has 1 N–H and O–H groups in total. The van der Waals surface area contributed by atoms with E-state index >= 15 is 0 Å². The summed E-state index contributed by atoms with van der Waals surface area (Å²) >= 11 is 5.92. The van der Waals surface area contributed by atoms with Crippen molar-refractivity contribution in [1.82, 2.24) is 4.98 Å². The van der Waals surface area contributed by atoms with Crippen LogP contribution in [0.15, 0.2) is 52.1 Å². The van der Waals surface area contributed by atoms with E-state index in [4.69, 9.17) is 16.3 Å². The Bertz CT molecular complexity index is 1120. The van der Waals surface area contributed by atoms with Crippen molar-refractivity contribution in [3.63, 3.8) is 0 Å². The Hall–Kier alpha value is -3.19. The van der Waals surface area contributed by atoms with Crippen LogP contribution < -0.4 is 15.7 Å². The second-order valence-corrected chi connectivity index (χ2v) is 5.63. The fourth-order valence-electron chi connectivity index (χ4n) is 2.58. The Morgan fingerprint density at radius 1 is 1.16 bits per heavy atom. The number of ether oxygens (including phenoxy) is 1. The van der Waals surface area contributed by atoms with Crippen molar-refractivity contribution in [3.8, 4) is 16.9 Å². The number of nitro benzene ring substituents is 1. The number of fused-ring (bicyclic) bond motifs is 1. The first-order chi connectivity index (χ1) is 11.9. The van der Waals surface area contributed by atoms with E-state index in [1.165, 1.54) is 49.6 Å². The third kappa shape index (κ3) is 2.97. The maximum Gasteiger partial charge on any atom is 0.291 e. The number of rotatable bonds is 3. The van der Waals surface area contributed by atoms with Crippen molar-refractivity contribution in [2.45, 2.75) is 0 Å². The summed E-state index contributed by atoms with van der Waals surface area (Å²) in [5.74, 6) is -0.224. The van der Waals surface area contributed by atoms with Crippen LogP contribution in [-0.4, -0.2) is 17.0 Å². The minimum absolute atomic E-state index is 0.0511. The van der Waals surface area contributed by atoms with Gasteiger partial charge in [0.2, 0.25) is 0 Å². The molecule has 2 aromatic carbocycles. The number of halogens is 1. The summed E-state index contributed by atoms with van der Waals surface area (Å²) in [6.07, 6.45) is 0. The SMILES string of the molecule is COc1c(-c2cccc([N+](=O)[O-])c2)c(=O)c2ccc(Cl)cc2[nH]c1=O. The molecule has 0 aliphatic carbocycles. The van der Waals surface area contributed by atoms with E-state index in [1.807, 2.05) is 0 Å². The van der Waals surface area contributed by atoms with Gasteiger partial charge in [0, 0.05) is 22.5 Å². The number of nitro groups is 1. The molecule has 8 heteroatoms. The third-order valence-corrected chi connectivity index (χ3v) is 3.92. The van der Waals surface area contributed by atoms with Gasteiger partial charge in [-0.05, 0) is 23.8 Å². The molecule has 0 bridgehead atoms. The van der Waals surface area contributed by atoms with Gasteiger partial charge in [0.05, 0.1) is 23.1 Å². The van der Waals surface area contributed by atoms with E-state index in [1.54, 1.807) is 0 Å². The molecule has 25 heavy (non-hydrogen) atoms. The average Bonchev–Trinajstić information content (AvgIpc) is 2.68. The number of non-ortho nitro benzene ring substituents is 1. The summed E-state index contributed by atoms with van der Waals surface area (Å²) in [4.78, 5) is 38.5. The quantitative estimate of drug-likeness (QED) is 0.572. The third-order valence-electron chi connectivity index (χ3n) is 3.68. The van der Waals surface area contributed by atoms with Gasteiger partial charge in [0.25, 0.3) is 11.2 Å². The van der Waals surface area contributed by atoms with Crippen LogP contribution in [0, 0.1) is 10.1 Å². The highest BCUT2D eigenvalue weighted by Gasteiger charge is 2.18. The fourth-order valence-corrected chi connectivity index (χ4v) is 2.75. The first kappa shape index (κ1) is 16.7. The first-order valence-corrected chi connectivity index (χ1v) is 7.49. The zero-order valence-electron chi connectivity index (χ0n) is 12.9. The molecule has 3 aromatic rings. The number of aromatic amines is 1. The van der Waals surface area contributed by atoms with Crippen LogP contribution in [0.4, 0.5) is 5.69 Å². The zero-order valence-corrected chi connectivity index (χ0v) is 13.7. The highest BCUT2D eigenvalue weighted by Crippen LogP contribution is 2.27. The van der Waals surface area contributed by atoms with Crippen LogP contribution in [0.5, 0.6) is 5.75 Å². The van der Waals surface area contributed by atoms with E-state index in [0.717, 1.165) is 0 Å². The lowest BCUT2D eigenvalue weighted by Crippen LogP contribution is -2.10. The Morgan fingerprint density at radius 3 is 2.60 bits per heavy atom. The molecular formula is C17H11ClN2O5. The number of benzene rings is 2. The predicted octanol–water partition coefficient (Wildman–Crippen LogP) is 3.13. The molecule has 0 saturated carbocycles. The van der Waals surface area contributed by atoms with E-state index in [2.05, 4.69) is 4.98 Å². The Kier molecular flexibility index (Phi) is 4.24. The van der Waals surface area contributed by atoms with E-state index in [9.17, 15) is 19.7 Å². The first-order valence-electron chi connectivity index (χ1n) is 7.11. The summed E-state index contributed by atoms with van der Waals surface area (Å²) in [5.41, 5.74) is -0.925. The van der Waals surface area contributed by atoms with Crippen molar-refractivity contribution in [3.05, 3.63) is 78.2 Å². The maximum atomic E-state index is 13.0. The highest BCUT2D eigenvalue weighted by molar-refractivity contribution is 6.31. The van der Waals surface area contributed by atoms with E-state index in [0.29, 0.717) is 5.02 Å². The maximum absolute atomic E-state index is 13.0. The molecule has 0 aliphatic heterocycles. The van der Waals surface area contributed by atoms with Gasteiger partial charge in [-0.15, -0.1) is 0 Å². The van der Waals surface area contributed by atoms with Crippen LogP contribution in [0.3, 0.4) is 0 Å². The van der Waals surface area contributed by atoms with Gasteiger partial charge in [-0.25, -0.2) is 0 Å². The summed E-state index contributed by atoms with van der Waals surface area (Å²) in [6, 6.07) is 9.92. The minimum atomic E-state index is -0.640. The van der Waals surface area contributed by atoms with Crippen molar-refractivity contribution >= 4 is 28.2 Å². The molecule has 0 radical (unpaired) electrons. The van der Waals surface area contributed by atoms with Crippen molar-refractivity contribution in [2.75, 3.05) is 7.11 Å². The average molecular weight is 359 g/mol. The van der Waals surface area contributed by atoms with Gasteiger partial charge in [-0.2, -0.15) is 0 Å². The molecule has 0 amide bonds. The summed E-state index contributed by atoms with van der Waals surface area (Å²) < 4.78 is 5.13. The second-order valence-electron chi connectivity index (χ2n) is 5.19. The van der Waals surface area contributed by atoms with Gasteiger partial charge < -0.3 is 9.72 Å². The summed E-state index contributed by atoms with van der Waals surface area (Å²) in [6.45, 7) is 0. The Morgan fingerprint density at radius 2 is 1.92 bits per heavy atom. The molecule has 0 fully saturated rings. The van der Waals surface area contributed by atoms with Gasteiger partial charge in [0.1, 0.15) is 0 Å². The molecule has 3 rings (SSSR count). The molecule has 0 saturated heterocycles. The standard InChI is InChI=1S/C17H11ClN2O5/c1-25-16-14(9-3-2-4-11(7-9)20(23)24)15(21)12-6-5-10(18)8-13(12)19-17(16)22/h2-8H,1H3,(H,19,22). The molecule has 126 valence electrons. The lowest BCUT2D eigenvalue weighted by molar-refractivity contribution is -0.384. The number of methoxy groups -OCH3 is 1. The van der Waals surface area contributed by atoms with Crippen LogP contribution >= 0.6 is 11.6 Å². The van der Waals surface area contributed by atoms with Crippen molar-refractivity contribution in [1.29, 1.82) is 0 Å². The topological polar surface area (TPSA) is 102 Å². The Balaban J connectivity index is 2.50. The minimum Gasteiger partial charge on any atom is -0.491 e. The number of nitrogens with zero attached hydrogens (tertiary/aromatic N) is 1. The largest absolute Gasteiger partial charge is 0.491 e. The lowest BCUT2D eigenvalue weighted by atomic mass is 10.0. The summed E-state index contributed by atoms with van der Waals surface area (Å²) in [5, 5.41) is 11.6. The molecule has 0 spiro atoms. The van der Waals surface area contributed by atoms with Gasteiger partial charge >= 0.3 is 0 Å². The van der Waals surface area contributed by atoms with Crippen LogP contribution in [-0.2, 0) is 0 Å². The molecule has 0 aliphatic rings. The van der Waals surface area contributed by atoms with Crippen molar-refractivity contribution in [2.24, 2.45) is 0 Å². The molecule has 0 atom stereocenters. The van der Waals surface area contributed by atoms with Crippen molar-refractivity contribution < 1.29 is 9.66 Å². The monoisotopic (exact) mass is 358 g/mol. The van der Waals surface area contributed by atoms with Gasteiger partial charge in [-0.1, -0.05) is 23.7 Å². The zero-order chi connectivity index (χ0) is 18.1. The highest BCUT2D eigenvalue weighted by atomic mass is 35.5. The van der Waals surface area contributed by atoms with Crippen LogP contribution in [0.25, 0.3) is 22.0 Å². The molecule has 1 aromatic heterocycles. The Labute approximate surface area is 145 Å². The van der Waals surface area contributed by atoms with Crippen LogP contribution in [0.1, 0.15) is 0 Å².